The molecule has 0 atom stereocenters. The van der Waals surface area contributed by atoms with E-state index in [9.17, 15) is 0 Å². The molecule has 1 heterocycles. The Labute approximate surface area is 109 Å². The van der Waals surface area contributed by atoms with Gasteiger partial charge in [0.2, 0.25) is 5.95 Å². The largest absolute Gasteiger partial charge is 0.369 e. The van der Waals surface area contributed by atoms with Gasteiger partial charge in [0.25, 0.3) is 0 Å². The van der Waals surface area contributed by atoms with Gasteiger partial charge in [-0.15, -0.1) is 0 Å². The molecule has 3 nitrogen and oxygen atoms in total. The number of nitrogen functional groups attached to an aromatic ring is 1. The van der Waals surface area contributed by atoms with Crippen LogP contribution in [0.15, 0.2) is 36.5 Å². The number of nitrogens with zero attached hydrogens (tertiary/aromatic N) is 2. The van der Waals surface area contributed by atoms with Crippen molar-refractivity contribution < 1.29 is 0 Å². The highest BCUT2D eigenvalue weighted by molar-refractivity contribution is 5.60. The van der Waals surface area contributed by atoms with Crippen molar-refractivity contribution in [3.8, 4) is 11.3 Å². The molecule has 2 rings (SSSR count). The first kappa shape index (κ1) is 12.7. The van der Waals surface area contributed by atoms with E-state index in [0.29, 0.717) is 5.95 Å². The molecule has 2 aromatic rings. The van der Waals surface area contributed by atoms with E-state index in [1.165, 1.54) is 24.8 Å². The second kappa shape index (κ2) is 6.24. The summed E-state index contributed by atoms with van der Waals surface area (Å²) >= 11 is 0. The van der Waals surface area contributed by atoms with E-state index in [1.807, 2.05) is 24.4 Å². The number of aromatic nitrogens is 2. The van der Waals surface area contributed by atoms with Crippen molar-refractivity contribution in [1.82, 2.24) is 9.55 Å². The van der Waals surface area contributed by atoms with Crippen LogP contribution < -0.4 is 5.73 Å². The molecule has 0 unspecified atom stereocenters. The van der Waals surface area contributed by atoms with E-state index in [0.717, 1.165) is 18.7 Å². The molecule has 0 bridgehead atoms. The lowest BCUT2D eigenvalue weighted by Crippen LogP contribution is -2.05. The summed E-state index contributed by atoms with van der Waals surface area (Å²) in [4.78, 5) is 4.23. The minimum atomic E-state index is 0.616. The molecule has 0 aliphatic rings. The number of hydrogen-bond acceptors (Lipinski definition) is 2. The molecule has 96 valence electrons. The summed E-state index contributed by atoms with van der Waals surface area (Å²) in [5.74, 6) is 0.616. The summed E-state index contributed by atoms with van der Waals surface area (Å²) in [7, 11) is 0. The van der Waals surface area contributed by atoms with Crippen LogP contribution in [-0.4, -0.2) is 9.55 Å². The van der Waals surface area contributed by atoms with Crippen LogP contribution in [0.5, 0.6) is 0 Å². The van der Waals surface area contributed by atoms with Gasteiger partial charge in [0.15, 0.2) is 0 Å². The summed E-state index contributed by atoms with van der Waals surface area (Å²) in [6, 6.07) is 10.3. The lowest BCUT2D eigenvalue weighted by atomic mass is 10.1. The van der Waals surface area contributed by atoms with Crippen molar-refractivity contribution in [2.24, 2.45) is 0 Å². The second-order valence-corrected chi connectivity index (χ2v) is 4.58. The highest BCUT2D eigenvalue weighted by Gasteiger charge is 2.08. The average Bonchev–Trinajstić information content (AvgIpc) is 2.77. The molecule has 18 heavy (non-hydrogen) atoms. The predicted octanol–water partition coefficient (Wildman–Crippen LogP) is 3.71. The average molecular weight is 243 g/mol. The third-order valence-corrected chi connectivity index (χ3v) is 3.19. The maximum Gasteiger partial charge on any atom is 0.200 e. The van der Waals surface area contributed by atoms with E-state index in [4.69, 9.17) is 5.73 Å². The van der Waals surface area contributed by atoms with E-state index in [-0.39, 0.29) is 0 Å². The van der Waals surface area contributed by atoms with Gasteiger partial charge in [0.05, 0.1) is 11.9 Å². The Bertz CT molecular complexity index is 474. The molecule has 0 aliphatic carbocycles. The van der Waals surface area contributed by atoms with Crippen LogP contribution in [0.1, 0.15) is 32.6 Å². The molecule has 1 aromatic heterocycles. The van der Waals surface area contributed by atoms with Crippen LogP contribution >= 0.6 is 0 Å². The Morgan fingerprint density at radius 2 is 1.89 bits per heavy atom. The lowest BCUT2D eigenvalue weighted by molar-refractivity contribution is 0.590. The number of hydrogen-bond donors (Lipinski definition) is 1. The van der Waals surface area contributed by atoms with Crippen molar-refractivity contribution in [3.05, 3.63) is 36.5 Å². The Balaban J connectivity index is 2.12. The van der Waals surface area contributed by atoms with Crippen molar-refractivity contribution in [2.75, 3.05) is 5.73 Å². The van der Waals surface area contributed by atoms with E-state index in [1.54, 1.807) is 0 Å². The number of anilines is 1. The zero-order chi connectivity index (χ0) is 12.8. The normalized spacial score (nSPS) is 10.7. The van der Waals surface area contributed by atoms with Gasteiger partial charge in [-0.2, -0.15) is 0 Å². The maximum absolute atomic E-state index is 5.95. The fourth-order valence-electron chi connectivity index (χ4n) is 2.16. The van der Waals surface area contributed by atoms with Gasteiger partial charge in [-0.05, 0) is 12.0 Å². The van der Waals surface area contributed by atoms with Crippen LogP contribution in [0, 0.1) is 0 Å². The molecule has 0 aliphatic heterocycles. The van der Waals surface area contributed by atoms with Gasteiger partial charge in [0.1, 0.15) is 0 Å². The highest BCUT2D eigenvalue weighted by atomic mass is 15.1. The number of benzene rings is 1. The van der Waals surface area contributed by atoms with Crippen molar-refractivity contribution in [2.45, 2.75) is 39.2 Å². The lowest BCUT2D eigenvalue weighted by Gasteiger charge is -2.09. The molecule has 0 radical (unpaired) electrons. The predicted molar refractivity (Wildman–Crippen MR) is 76.2 cm³/mol. The first-order chi connectivity index (χ1) is 8.83. The molecule has 0 saturated carbocycles. The van der Waals surface area contributed by atoms with Gasteiger partial charge < -0.3 is 10.3 Å². The zero-order valence-corrected chi connectivity index (χ0v) is 11.0. The van der Waals surface area contributed by atoms with Crippen LogP contribution in [0.4, 0.5) is 5.95 Å². The molecule has 2 N–H and O–H groups in total. The molecule has 1 aromatic carbocycles. The Kier molecular flexibility index (Phi) is 4.40. The summed E-state index contributed by atoms with van der Waals surface area (Å²) < 4.78 is 2.12. The number of nitrogens with two attached hydrogens (primary N) is 1. The van der Waals surface area contributed by atoms with Crippen molar-refractivity contribution in [1.29, 1.82) is 0 Å². The summed E-state index contributed by atoms with van der Waals surface area (Å²) in [5, 5.41) is 0. The smallest absolute Gasteiger partial charge is 0.200 e. The van der Waals surface area contributed by atoms with Crippen LogP contribution in [0.2, 0.25) is 0 Å². The maximum atomic E-state index is 5.95. The minimum absolute atomic E-state index is 0.616. The molecular weight excluding hydrogens is 222 g/mol. The first-order valence-electron chi connectivity index (χ1n) is 6.69. The zero-order valence-electron chi connectivity index (χ0n) is 11.0. The van der Waals surface area contributed by atoms with Gasteiger partial charge in [-0.1, -0.05) is 56.5 Å². The third-order valence-electron chi connectivity index (χ3n) is 3.19. The molecule has 0 amide bonds. The van der Waals surface area contributed by atoms with Crippen molar-refractivity contribution >= 4 is 5.95 Å². The van der Waals surface area contributed by atoms with Gasteiger partial charge >= 0.3 is 0 Å². The van der Waals surface area contributed by atoms with Gasteiger partial charge in [-0.3, -0.25) is 0 Å². The standard InChI is InChI=1S/C15H21N3/c1-2-3-4-8-11-18-14(12-17-15(18)16)13-9-6-5-7-10-13/h5-7,9-10,12H,2-4,8,11H2,1H3,(H2,16,17). The Morgan fingerprint density at radius 3 is 2.61 bits per heavy atom. The molecular formula is C15H21N3. The van der Waals surface area contributed by atoms with E-state index >= 15 is 0 Å². The number of imidazole rings is 1. The fourth-order valence-corrected chi connectivity index (χ4v) is 2.16. The molecule has 3 heteroatoms. The third kappa shape index (κ3) is 2.92. The SMILES string of the molecule is CCCCCCn1c(-c2ccccc2)cnc1N. The molecule has 0 spiro atoms. The van der Waals surface area contributed by atoms with E-state index < -0.39 is 0 Å². The molecule has 0 saturated heterocycles. The van der Waals surface area contributed by atoms with Gasteiger partial charge in [0, 0.05) is 6.54 Å². The Hall–Kier alpha value is -1.77. The monoisotopic (exact) mass is 243 g/mol. The van der Waals surface area contributed by atoms with Crippen LogP contribution in [-0.2, 0) is 6.54 Å². The second-order valence-electron chi connectivity index (χ2n) is 4.58. The van der Waals surface area contributed by atoms with Crippen molar-refractivity contribution in [3.63, 3.8) is 0 Å². The summed E-state index contributed by atoms with van der Waals surface area (Å²) in [5.41, 5.74) is 8.24. The highest BCUT2D eigenvalue weighted by Crippen LogP contribution is 2.22. The summed E-state index contributed by atoms with van der Waals surface area (Å²) in [6.45, 7) is 3.18. The quantitative estimate of drug-likeness (QED) is 0.786. The Morgan fingerprint density at radius 1 is 1.11 bits per heavy atom. The molecule has 0 fully saturated rings. The number of rotatable bonds is 6. The van der Waals surface area contributed by atoms with E-state index in [2.05, 4.69) is 28.6 Å². The topological polar surface area (TPSA) is 43.8 Å². The van der Waals surface area contributed by atoms with Crippen LogP contribution in [0.3, 0.4) is 0 Å². The van der Waals surface area contributed by atoms with Crippen LogP contribution in [0.25, 0.3) is 11.3 Å². The summed E-state index contributed by atoms with van der Waals surface area (Å²) in [6.07, 6.45) is 6.82. The van der Waals surface area contributed by atoms with Gasteiger partial charge in [-0.25, -0.2) is 4.98 Å². The minimum Gasteiger partial charge on any atom is -0.369 e. The first-order valence-corrected chi connectivity index (χ1v) is 6.69. The number of unbranched alkanes of at least 4 members (excludes halogenated alkanes) is 3. The fraction of sp³-hybridized carbons (Fsp3) is 0.400.